The van der Waals surface area contributed by atoms with Crippen molar-refractivity contribution in [3.63, 3.8) is 0 Å². The number of aryl methyl sites for hydroxylation is 1. The van der Waals surface area contributed by atoms with E-state index in [-0.39, 0.29) is 5.75 Å². The first-order valence-electron chi connectivity index (χ1n) is 5.77. The summed E-state index contributed by atoms with van der Waals surface area (Å²) in [6, 6.07) is 4.41. The number of halogens is 1. The lowest BCUT2D eigenvalue weighted by Gasteiger charge is -2.02. The number of aromatic nitrogens is 3. The first-order chi connectivity index (χ1) is 9.69. The second kappa shape index (κ2) is 5.01. The first-order valence-corrected chi connectivity index (χ1v) is 6.65. The molecule has 0 bridgehead atoms. The molecule has 0 unspecified atom stereocenters. The van der Waals surface area contributed by atoms with E-state index in [4.69, 9.17) is 9.26 Å². The number of hydrogen-bond acceptors (Lipinski definition) is 6. The predicted octanol–water partition coefficient (Wildman–Crippen LogP) is 3.32. The lowest BCUT2D eigenvalue weighted by molar-refractivity contribution is 0.386. The fourth-order valence-corrected chi connectivity index (χ4v) is 2.46. The summed E-state index contributed by atoms with van der Waals surface area (Å²) in [5, 5.41) is 3.90. The molecule has 2 aromatic heterocycles. The Morgan fingerprint density at radius 1 is 1.35 bits per heavy atom. The molecule has 3 aromatic rings. The summed E-state index contributed by atoms with van der Waals surface area (Å²) >= 11 is 1.43. The Kier molecular flexibility index (Phi) is 3.19. The Morgan fingerprint density at radius 2 is 2.20 bits per heavy atom. The zero-order valence-electron chi connectivity index (χ0n) is 10.8. The molecule has 2 heterocycles. The third-order valence-electron chi connectivity index (χ3n) is 2.78. The minimum atomic E-state index is -0.432. The molecular formula is C13H10FN3O2S. The van der Waals surface area contributed by atoms with Gasteiger partial charge < -0.3 is 9.26 Å². The Labute approximate surface area is 118 Å². The van der Waals surface area contributed by atoms with E-state index in [0.717, 1.165) is 10.6 Å². The molecule has 5 nitrogen and oxygen atoms in total. The molecule has 102 valence electrons. The van der Waals surface area contributed by atoms with Gasteiger partial charge in [-0.25, -0.2) is 9.37 Å². The molecule has 0 aliphatic heterocycles. The van der Waals surface area contributed by atoms with Gasteiger partial charge in [-0.3, -0.25) is 0 Å². The van der Waals surface area contributed by atoms with Crippen LogP contribution in [0.5, 0.6) is 5.75 Å². The van der Waals surface area contributed by atoms with Gasteiger partial charge in [0, 0.05) is 5.56 Å². The SMILES string of the molecule is COc1cc(-c2noc(-c3scnc3C)n2)ccc1F. The third kappa shape index (κ3) is 2.16. The van der Waals surface area contributed by atoms with Crippen molar-refractivity contribution in [2.75, 3.05) is 7.11 Å². The molecule has 0 N–H and O–H groups in total. The zero-order chi connectivity index (χ0) is 14.1. The average Bonchev–Trinajstić information content (AvgIpc) is 3.08. The quantitative estimate of drug-likeness (QED) is 0.741. The van der Waals surface area contributed by atoms with E-state index in [1.165, 1.54) is 30.6 Å². The average molecular weight is 291 g/mol. The maximum atomic E-state index is 13.4. The highest BCUT2D eigenvalue weighted by atomic mass is 32.1. The zero-order valence-corrected chi connectivity index (χ0v) is 11.6. The number of hydrogen-bond donors (Lipinski definition) is 0. The van der Waals surface area contributed by atoms with E-state index < -0.39 is 5.82 Å². The van der Waals surface area contributed by atoms with E-state index in [1.807, 2.05) is 6.92 Å². The molecule has 0 fully saturated rings. The van der Waals surface area contributed by atoms with E-state index in [0.29, 0.717) is 17.3 Å². The number of ether oxygens (including phenoxy) is 1. The Bertz CT molecular complexity index is 754. The highest BCUT2D eigenvalue weighted by Gasteiger charge is 2.15. The van der Waals surface area contributed by atoms with Crippen LogP contribution in [0.2, 0.25) is 0 Å². The summed E-state index contributed by atoms with van der Waals surface area (Å²) in [7, 11) is 1.41. The molecule has 1 aromatic carbocycles. The van der Waals surface area contributed by atoms with Gasteiger partial charge in [0.15, 0.2) is 11.6 Å². The van der Waals surface area contributed by atoms with Crippen molar-refractivity contribution in [2.24, 2.45) is 0 Å². The maximum absolute atomic E-state index is 13.4. The minimum Gasteiger partial charge on any atom is -0.494 e. The first kappa shape index (κ1) is 12.7. The van der Waals surface area contributed by atoms with Crippen molar-refractivity contribution in [1.29, 1.82) is 0 Å². The molecule has 3 rings (SSSR count). The van der Waals surface area contributed by atoms with E-state index in [2.05, 4.69) is 15.1 Å². The summed E-state index contributed by atoms with van der Waals surface area (Å²) < 4.78 is 23.5. The highest BCUT2D eigenvalue weighted by Crippen LogP contribution is 2.29. The number of benzene rings is 1. The molecule has 0 aliphatic rings. The molecule has 20 heavy (non-hydrogen) atoms. The number of thiazole rings is 1. The van der Waals surface area contributed by atoms with Crippen molar-refractivity contribution < 1.29 is 13.7 Å². The molecular weight excluding hydrogens is 281 g/mol. The van der Waals surface area contributed by atoms with Gasteiger partial charge >= 0.3 is 0 Å². The topological polar surface area (TPSA) is 61.0 Å². The molecule has 0 aliphatic carbocycles. The van der Waals surface area contributed by atoms with Gasteiger partial charge in [0.1, 0.15) is 4.88 Å². The van der Waals surface area contributed by atoms with Crippen LogP contribution in [0, 0.1) is 12.7 Å². The van der Waals surface area contributed by atoms with Gasteiger partial charge in [0.25, 0.3) is 5.89 Å². The van der Waals surface area contributed by atoms with Gasteiger partial charge in [-0.15, -0.1) is 11.3 Å². The minimum absolute atomic E-state index is 0.142. The van der Waals surface area contributed by atoms with Gasteiger partial charge in [-0.2, -0.15) is 4.98 Å². The number of nitrogens with zero attached hydrogens (tertiary/aromatic N) is 3. The normalized spacial score (nSPS) is 10.8. The van der Waals surface area contributed by atoms with Crippen molar-refractivity contribution in [2.45, 2.75) is 6.92 Å². The highest BCUT2D eigenvalue weighted by molar-refractivity contribution is 7.13. The van der Waals surface area contributed by atoms with Crippen LogP contribution in [0.25, 0.3) is 22.2 Å². The standard InChI is InChI=1S/C13H10FN3O2S/c1-7-11(20-6-15-7)13-16-12(17-19-13)8-3-4-9(14)10(5-8)18-2/h3-6H,1-2H3. The summed E-state index contributed by atoms with van der Waals surface area (Å²) in [5.74, 6) is 0.496. The van der Waals surface area contributed by atoms with Crippen molar-refractivity contribution in [3.8, 4) is 27.9 Å². The maximum Gasteiger partial charge on any atom is 0.270 e. The van der Waals surface area contributed by atoms with Crippen molar-refractivity contribution in [3.05, 3.63) is 35.2 Å². The molecule has 7 heteroatoms. The van der Waals surface area contributed by atoms with Crippen LogP contribution in [0.4, 0.5) is 4.39 Å². The summed E-state index contributed by atoms with van der Waals surface area (Å²) in [4.78, 5) is 9.27. The van der Waals surface area contributed by atoms with Crippen molar-refractivity contribution in [1.82, 2.24) is 15.1 Å². The Morgan fingerprint density at radius 3 is 2.90 bits per heavy atom. The van der Waals surface area contributed by atoms with Crippen LogP contribution in [0.3, 0.4) is 0 Å². The van der Waals surface area contributed by atoms with Crippen LogP contribution >= 0.6 is 11.3 Å². The van der Waals surface area contributed by atoms with Gasteiger partial charge in [0.05, 0.1) is 18.3 Å². The smallest absolute Gasteiger partial charge is 0.270 e. The van der Waals surface area contributed by atoms with E-state index in [9.17, 15) is 4.39 Å². The Balaban J connectivity index is 2.00. The molecule has 0 saturated carbocycles. The summed E-state index contributed by atoms with van der Waals surface area (Å²) in [6.07, 6.45) is 0. The summed E-state index contributed by atoms with van der Waals surface area (Å²) in [6.45, 7) is 1.87. The van der Waals surface area contributed by atoms with Crippen molar-refractivity contribution >= 4 is 11.3 Å². The summed E-state index contributed by atoms with van der Waals surface area (Å²) in [5.41, 5.74) is 3.18. The second-order valence-corrected chi connectivity index (χ2v) is 4.89. The van der Waals surface area contributed by atoms with Gasteiger partial charge in [0.2, 0.25) is 5.82 Å². The van der Waals surface area contributed by atoms with Crippen LogP contribution in [-0.4, -0.2) is 22.2 Å². The predicted molar refractivity (Wildman–Crippen MR) is 72.1 cm³/mol. The molecule has 0 spiro atoms. The number of rotatable bonds is 3. The monoisotopic (exact) mass is 291 g/mol. The van der Waals surface area contributed by atoms with Crippen LogP contribution in [0.15, 0.2) is 28.2 Å². The van der Waals surface area contributed by atoms with Crippen LogP contribution < -0.4 is 4.74 Å². The Hall–Kier alpha value is -2.28. The van der Waals surface area contributed by atoms with E-state index >= 15 is 0 Å². The van der Waals surface area contributed by atoms with Gasteiger partial charge in [-0.1, -0.05) is 5.16 Å². The molecule has 0 amide bonds. The fraction of sp³-hybridized carbons (Fsp3) is 0.154. The second-order valence-electron chi connectivity index (χ2n) is 4.04. The number of methoxy groups -OCH3 is 1. The van der Waals surface area contributed by atoms with Crippen LogP contribution in [0.1, 0.15) is 5.69 Å². The third-order valence-corrected chi connectivity index (χ3v) is 3.69. The molecule has 0 atom stereocenters. The van der Waals surface area contributed by atoms with Crippen LogP contribution in [-0.2, 0) is 0 Å². The lowest BCUT2D eigenvalue weighted by atomic mass is 10.2. The van der Waals surface area contributed by atoms with E-state index in [1.54, 1.807) is 11.6 Å². The molecule has 0 saturated heterocycles. The fourth-order valence-electron chi connectivity index (χ4n) is 1.74. The lowest BCUT2D eigenvalue weighted by Crippen LogP contribution is -1.89. The largest absolute Gasteiger partial charge is 0.494 e. The molecule has 0 radical (unpaired) electrons. The van der Waals surface area contributed by atoms with Gasteiger partial charge in [-0.05, 0) is 25.1 Å².